The van der Waals surface area contributed by atoms with Gasteiger partial charge in [0.15, 0.2) is 5.76 Å². The van der Waals surface area contributed by atoms with Crippen LogP contribution in [0.4, 0.5) is 0 Å². The van der Waals surface area contributed by atoms with E-state index >= 15 is 0 Å². The van der Waals surface area contributed by atoms with Gasteiger partial charge in [0.25, 0.3) is 11.8 Å². The maximum Gasteiger partial charge on any atom is 0.275 e. The summed E-state index contributed by atoms with van der Waals surface area (Å²) in [5, 5.41) is 3.80. The molecule has 0 aliphatic heterocycles. The van der Waals surface area contributed by atoms with Gasteiger partial charge in [-0.05, 0) is 31.2 Å². The van der Waals surface area contributed by atoms with Crippen LogP contribution in [0.2, 0.25) is 0 Å². The first kappa shape index (κ1) is 16.5. The van der Waals surface area contributed by atoms with Crippen LogP contribution in [-0.4, -0.2) is 24.1 Å². The van der Waals surface area contributed by atoms with Crippen molar-refractivity contribution in [3.63, 3.8) is 0 Å². The third-order valence-electron chi connectivity index (χ3n) is 3.28. The van der Waals surface area contributed by atoms with E-state index in [9.17, 15) is 9.59 Å². The van der Waals surface area contributed by atoms with Crippen LogP contribution in [-0.2, 0) is 0 Å². The van der Waals surface area contributed by atoms with E-state index in [1.807, 2.05) is 13.8 Å². The second-order valence-electron chi connectivity index (χ2n) is 5.30. The Balaban J connectivity index is 2.04. The van der Waals surface area contributed by atoms with Crippen LogP contribution in [0.3, 0.4) is 0 Å². The molecule has 122 valence electrons. The predicted molar refractivity (Wildman–Crippen MR) is 83.3 cm³/mol. The van der Waals surface area contributed by atoms with Gasteiger partial charge in [-0.1, -0.05) is 19.0 Å². The lowest BCUT2D eigenvalue weighted by Gasteiger charge is -2.09. The van der Waals surface area contributed by atoms with Crippen molar-refractivity contribution in [2.24, 2.45) is 0 Å². The van der Waals surface area contributed by atoms with Crippen molar-refractivity contribution in [3.8, 4) is 5.75 Å². The van der Waals surface area contributed by atoms with Crippen molar-refractivity contribution in [1.29, 1.82) is 0 Å². The van der Waals surface area contributed by atoms with Crippen molar-refractivity contribution in [2.75, 3.05) is 7.11 Å². The van der Waals surface area contributed by atoms with Gasteiger partial charge in [0.2, 0.25) is 0 Å². The zero-order chi connectivity index (χ0) is 17.0. The maximum atomic E-state index is 12.2. The van der Waals surface area contributed by atoms with Gasteiger partial charge >= 0.3 is 0 Å². The molecule has 7 heteroatoms. The van der Waals surface area contributed by atoms with E-state index in [0.29, 0.717) is 28.3 Å². The highest BCUT2D eigenvalue weighted by Crippen LogP contribution is 2.21. The van der Waals surface area contributed by atoms with Crippen molar-refractivity contribution >= 4 is 11.8 Å². The quantitative estimate of drug-likeness (QED) is 0.843. The molecule has 0 saturated carbocycles. The fraction of sp³-hybridized carbons (Fsp3) is 0.312. The summed E-state index contributed by atoms with van der Waals surface area (Å²) in [6.45, 7) is 5.47. The molecule has 2 N–H and O–H groups in total. The minimum Gasteiger partial charge on any atom is -0.497 e. The Morgan fingerprint density at radius 2 is 1.74 bits per heavy atom. The molecule has 0 aliphatic carbocycles. The third-order valence-corrected chi connectivity index (χ3v) is 3.28. The summed E-state index contributed by atoms with van der Waals surface area (Å²) in [6, 6.07) is 6.53. The van der Waals surface area contributed by atoms with Crippen molar-refractivity contribution in [2.45, 2.75) is 26.7 Å². The number of nitrogens with zero attached hydrogens (tertiary/aromatic N) is 1. The first-order valence-corrected chi connectivity index (χ1v) is 7.15. The molecule has 2 rings (SSSR count). The van der Waals surface area contributed by atoms with E-state index in [-0.39, 0.29) is 5.92 Å². The van der Waals surface area contributed by atoms with E-state index in [1.54, 1.807) is 38.3 Å². The summed E-state index contributed by atoms with van der Waals surface area (Å²) in [5.74, 6) is 0.246. The van der Waals surface area contributed by atoms with Crippen molar-refractivity contribution in [1.82, 2.24) is 16.0 Å². The standard InChI is InChI=1S/C16H19N3O4/c1-9(2)14-13(10(3)19-23-14)16(21)18-17-15(20)11-5-7-12(22-4)8-6-11/h5-9H,1-4H3,(H,17,20)(H,18,21). The lowest BCUT2D eigenvalue weighted by atomic mass is 10.0. The molecule has 0 radical (unpaired) electrons. The number of hydrogen-bond acceptors (Lipinski definition) is 5. The maximum absolute atomic E-state index is 12.2. The third kappa shape index (κ3) is 3.68. The Bertz CT molecular complexity index is 705. The largest absolute Gasteiger partial charge is 0.497 e. The normalized spacial score (nSPS) is 10.5. The van der Waals surface area contributed by atoms with E-state index in [1.165, 1.54) is 0 Å². The van der Waals surface area contributed by atoms with E-state index in [4.69, 9.17) is 9.26 Å². The SMILES string of the molecule is COc1ccc(C(=O)NNC(=O)c2c(C)noc2C(C)C)cc1. The number of aryl methyl sites for hydroxylation is 1. The number of hydrazine groups is 1. The van der Waals surface area contributed by atoms with Crippen LogP contribution >= 0.6 is 0 Å². The molecule has 0 fully saturated rings. The van der Waals surface area contributed by atoms with E-state index < -0.39 is 11.8 Å². The summed E-state index contributed by atoms with van der Waals surface area (Å²) in [5.41, 5.74) is 5.97. The van der Waals surface area contributed by atoms with Crippen LogP contribution in [0.15, 0.2) is 28.8 Å². The highest BCUT2D eigenvalue weighted by atomic mass is 16.5. The van der Waals surface area contributed by atoms with Gasteiger partial charge in [-0.15, -0.1) is 0 Å². The minimum atomic E-state index is -0.464. The second-order valence-corrected chi connectivity index (χ2v) is 5.30. The molecule has 23 heavy (non-hydrogen) atoms. The molecule has 1 heterocycles. The Kier molecular flexibility index (Phi) is 5.00. The molecule has 7 nitrogen and oxygen atoms in total. The fourth-order valence-corrected chi connectivity index (χ4v) is 2.05. The number of carbonyl (C=O) groups excluding carboxylic acids is 2. The molecular weight excluding hydrogens is 298 g/mol. The number of aromatic nitrogens is 1. The molecule has 1 aromatic heterocycles. The van der Waals surface area contributed by atoms with Gasteiger partial charge in [-0.25, -0.2) is 0 Å². The molecule has 1 aromatic carbocycles. The molecule has 0 spiro atoms. The lowest BCUT2D eigenvalue weighted by molar-refractivity contribution is 0.0845. The van der Waals surface area contributed by atoms with Gasteiger partial charge in [0.05, 0.1) is 12.8 Å². The van der Waals surface area contributed by atoms with Crippen molar-refractivity contribution < 1.29 is 18.8 Å². The molecule has 2 amide bonds. The van der Waals surface area contributed by atoms with Crippen LogP contribution in [0.1, 0.15) is 51.9 Å². The Hall–Kier alpha value is -2.83. The van der Waals surface area contributed by atoms with Crippen molar-refractivity contribution in [3.05, 3.63) is 46.8 Å². The van der Waals surface area contributed by atoms with Crippen LogP contribution in [0.25, 0.3) is 0 Å². The smallest absolute Gasteiger partial charge is 0.275 e. The van der Waals surface area contributed by atoms with Crippen LogP contribution in [0.5, 0.6) is 5.75 Å². The van der Waals surface area contributed by atoms with Crippen LogP contribution < -0.4 is 15.6 Å². The first-order chi connectivity index (χ1) is 10.9. The minimum absolute atomic E-state index is 0.00856. The lowest BCUT2D eigenvalue weighted by Crippen LogP contribution is -2.42. The van der Waals surface area contributed by atoms with Crippen LogP contribution in [0, 0.1) is 6.92 Å². The zero-order valence-electron chi connectivity index (χ0n) is 13.5. The fourth-order valence-electron chi connectivity index (χ4n) is 2.05. The number of hydrogen-bond donors (Lipinski definition) is 2. The van der Waals surface area contributed by atoms with Gasteiger partial charge in [-0.3, -0.25) is 20.4 Å². The number of rotatable bonds is 4. The topological polar surface area (TPSA) is 93.5 Å². The number of methoxy groups -OCH3 is 1. The Labute approximate surface area is 134 Å². The predicted octanol–water partition coefficient (Wildman–Crippen LogP) is 2.19. The number of benzene rings is 1. The van der Waals surface area contributed by atoms with Gasteiger partial charge in [0.1, 0.15) is 11.3 Å². The first-order valence-electron chi connectivity index (χ1n) is 7.15. The molecule has 0 aliphatic rings. The second kappa shape index (κ2) is 6.95. The summed E-state index contributed by atoms with van der Waals surface area (Å²) < 4.78 is 10.2. The average Bonchev–Trinajstić information content (AvgIpc) is 2.94. The zero-order valence-corrected chi connectivity index (χ0v) is 13.5. The van der Waals surface area contributed by atoms with E-state index in [2.05, 4.69) is 16.0 Å². The van der Waals surface area contributed by atoms with Gasteiger partial charge < -0.3 is 9.26 Å². The number of ether oxygens (including phenoxy) is 1. The molecule has 0 saturated heterocycles. The molecular formula is C16H19N3O4. The highest BCUT2D eigenvalue weighted by molar-refractivity contribution is 6.00. The highest BCUT2D eigenvalue weighted by Gasteiger charge is 2.22. The summed E-state index contributed by atoms with van der Waals surface area (Å²) in [7, 11) is 1.54. The summed E-state index contributed by atoms with van der Waals surface area (Å²) >= 11 is 0. The number of carbonyl (C=O) groups is 2. The van der Waals surface area contributed by atoms with Gasteiger partial charge in [-0.2, -0.15) is 0 Å². The monoisotopic (exact) mass is 317 g/mol. The molecule has 0 atom stereocenters. The van der Waals surface area contributed by atoms with E-state index in [0.717, 1.165) is 0 Å². The van der Waals surface area contributed by atoms with Gasteiger partial charge in [0, 0.05) is 11.5 Å². The molecule has 0 unspecified atom stereocenters. The summed E-state index contributed by atoms with van der Waals surface area (Å²) in [4.78, 5) is 24.3. The average molecular weight is 317 g/mol. The molecule has 2 aromatic rings. The Morgan fingerprint density at radius 3 is 2.30 bits per heavy atom. The Morgan fingerprint density at radius 1 is 1.13 bits per heavy atom. The molecule has 0 bridgehead atoms. The summed E-state index contributed by atoms with van der Waals surface area (Å²) in [6.07, 6.45) is 0. The number of amides is 2. The number of nitrogens with one attached hydrogen (secondary N) is 2.